The first-order valence-electron chi connectivity index (χ1n) is 9.17. The minimum Gasteiger partial charge on any atom is -0.436 e. The standard InChI is InChI=1S/C23H19ClN2O2S/c1-15-9-10-21-20(11-15)26-23(28-21)16-6-4-7-18(12-16)25-22(27)14-29-13-17-5-2-3-8-19(17)24/h2-12H,13-14H2,1H3,(H,25,27). The number of carbonyl (C=O) groups excluding carboxylic acids is 1. The Bertz CT molecular complexity index is 1170. The van der Waals surface area contributed by atoms with E-state index in [0.717, 1.165) is 32.8 Å². The summed E-state index contributed by atoms with van der Waals surface area (Å²) >= 11 is 7.68. The number of oxazole rings is 1. The lowest BCUT2D eigenvalue weighted by Gasteiger charge is -2.07. The van der Waals surface area contributed by atoms with Gasteiger partial charge in [0.15, 0.2) is 5.58 Å². The average molecular weight is 423 g/mol. The lowest BCUT2D eigenvalue weighted by atomic mass is 10.2. The molecule has 0 aliphatic carbocycles. The first kappa shape index (κ1) is 19.6. The van der Waals surface area contributed by atoms with Crippen LogP contribution in [0.3, 0.4) is 0 Å². The zero-order chi connectivity index (χ0) is 20.2. The smallest absolute Gasteiger partial charge is 0.234 e. The highest BCUT2D eigenvalue weighted by Crippen LogP contribution is 2.27. The summed E-state index contributed by atoms with van der Waals surface area (Å²) in [6.45, 7) is 2.02. The van der Waals surface area contributed by atoms with Gasteiger partial charge in [0.05, 0.1) is 5.75 Å². The van der Waals surface area contributed by atoms with Crippen molar-refractivity contribution in [2.24, 2.45) is 0 Å². The molecule has 29 heavy (non-hydrogen) atoms. The highest BCUT2D eigenvalue weighted by Gasteiger charge is 2.10. The zero-order valence-corrected chi connectivity index (χ0v) is 17.4. The Morgan fingerprint density at radius 3 is 2.83 bits per heavy atom. The van der Waals surface area contributed by atoms with Crippen molar-refractivity contribution in [3.05, 3.63) is 82.9 Å². The molecule has 0 bridgehead atoms. The maximum absolute atomic E-state index is 12.3. The Balaban J connectivity index is 1.40. The van der Waals surface area contributed by atoms with Crippen molar-refractivity contribution < 1.29 is 9.21 Å². The second kappa shape index (κ2) is 8.72. The molecular formula is C23H19ClN2O2S. The van der Waals surface area contributed by atoms with Crippen LogP contribution in [0, 0.1) is 6.92 Å². The molecule has 0 aliphatic heterocycles. The summed E-state index contributed by atoms with van der Waals surface area (Å²) in [6.07, 6.45) is 0. The number of amides is 1. The molecule has 6 heteroatoms. The Labute approximate surface area is 178 Å². The molecule has 146 valence electrons. The second-order valence-electron chi connectivity index (χ2n) is 6.70. The van der Waals surface area contributed by atoms with Gasteiger partial charge in [-0.2, -0.15) is 0 Å². The number of thioether (sulfide) groups is 1. The summed E-state index contributed by atoms with van der Waals surface area (Å²) in [5.74, 6) is 1.51. The molecular weight excluding hydrogens is 404 g/mol. The van der Waals surface area contributed by atoms with Crippen molar-refractivity contribution >= 4 is 46.1 Å². The number of anilines is 1. The molecule has 4 rings (SSSR count). The van der Waals surface area contributed by atoms with Crippen LogP contribution in [0.1, 0.15) is 11.1 Å². The Morgan fingerprint density at radius 2 is 1.97 bits per heavy atom. The topological polar surface area (TPSA) is 55.1 Å². The molecule has 0 fully saturated rings. The average Bonchev–Trinajstić information content (AvgIpc) is 3.13. The number of carbonyl (C=O) groups is 1. The largest absolute Gasteiger partial charge is 0.436 e. The maximum atomic E-state index is 12.3. The number of fused-ring (bicyclic) bond motifs is 1. The van der Waals surface area contributed by atoms with Crippen LogP contribution in [0.2, 0.25) is 5.02 Å². The third kappa shape index (κ3) is 4.81. The van der Waals surface area contributed by atoms with Crippen LogP contribution in [0.25, 0.3) is 22.6 Å². The number of halogens is 1. The number of benzene rings is 3. The predicted octanol–water partition coefficient (Wildman–Crippen LogP) is 6.33. The number of nitrogens with zero attached hydrogens (tertiary/aromatic N) is 1. The molecule has 4 aromatic rings. The van der Waals surface area contributed by atoms with E-state index in [0.29, 0.717) is 23.1 Å². The van der Waals surface area contributed by atoms with Gasteiger partial charge in [-0.1, -0.05) is 41.9 Å². The lowest BCUT2D eigenvalue weighted by Crippen LogP contribution is -2.14. The van der Waals surface area contributed by atoms with Crippen molar-refractivity contribution in [3.63, 3.8) is 0 Å². The van der Waals surface area contributed by atoms with Crippen LogP contribution in [-0.4, -0.2) is 16.6 Å². The van der Waals surface area contributed by atoms with E-state index in [2.05, 4.69) is 10.3 Å². The van der Waals surface area contributed by atoms with Gasteiger partial charge < -0.3 is 9.73 Å². The molecule has 0 saturated heterocycles. The van der Waals surface area contributed by atoms with E-state index in [-0.39, 0.29) is 5.91 Å². The normalized spacial score (nSPS) is 11.0. The summed E-state index contributed by atoms with van der Waals surface area (Å²) in [7, 11) is 0. The molecule has 1 N–H and O–H groups in total. The number of hydrogen-bond donors (Lipinski definition) is 1. The second-order valence-corrected chi connectivity index (χ2v) is 8.10. The number of rotatable bonds is 6. The van der Waals surface area contributed by atoms with Crippen LogP contribution in [-0.2, 0) is 10.5 Å². The molecule has 3 aromatic carbocycles. The van der Waals surface area contributed by atoms with Crippen LogP contribution in [0.5, 0.6) is 0 Å². The van der Waals surface area contributed by atoms with Crippen molar-refractivity contribution in [3.8, 4) is 11.5 Å². The zero-order valence-electron chi connectivity index (χ0n) is 15.8. The van der Waals surface area contributed by atoms with E-state index in [1.54, 1.807) is 0 Å². The van der Waals surface area contributed by atoms with Crippen LogP contribution in [0.4, 0.5) is 5.69 Å². The molecule has 1 amide bonds. The fourth-order valence-electron chi connectivity index (χ4n) is 2.96. The summed E-state index contributed by atoms with van der Waals surface area (Å²) in [5, 5.41) is 3.66. The lowest BCUT2D eigenvalue weighted by molar-refractivity contribution is -0.113. The molecule has 0 unspecified atom stereocenters. The fraction of sp³-hybridized carbons (Fsp3) is 0.130. The SMILES string of the molecule is Cc1ccc2oc(-c3cccc(NC(=O)CSCc4ccccc4Cl)c3)nc2c1. The highest BCUT2D eigenvalue weighted by atomic mass is 35.5. The summed E-state index contributed by atoms with van der Waals surface area (Å²) in [6, 6.07) is 21.1. The number of hydrogen-bond acceptors (Lipinski definition) is 4. The monoisotopic (exact) mass is 422 g/mol. The van der Waals surface area contributed by atoms with Crippen molar-refractivity contribution in [1.29, 1.82) is 0 Å². The number of aryl methyl sites for hydroxylation is 1. The van der Waals surface area contributed by atoms with E-state index in [1.165, 1.54) is 11.8 Å². The molecule has 0 spiro atoms. The summed E-state index contributed by atoms with van der Waals surface area (Å²) in [4.78, 5) is 16.9. The highest BCUT2D eigenvalue weighted by molar-refractivity contribution is 7.99. The minimum atomic E-state index is -0.0626. The first-order valence-corrected chi connectivity index (χ1v) is 10.7. The van der Waals surface area contributed by atoms with Gasteiger partial charge in [0, 0.05) is 22.0 Å². The van der Waals surface area contributed by atoms with Crippen LogP contribution < -0.4 is 5.32 Å². The van der Waals surface area contributed by atoms with Crippen molar-refractivity contribution in [2.45, 2.75) is 12.7 Å². The van der Waals surface area contributed by atoms with Gasteiger partial charge in [-0.3, -0.25) is 4.79 Å². The molecule has 0 aliphatic rings. The fourth-order valence-corrected chi connectivity index (χ4v) is 4.07. The van der Waals surface area contributed by atoms with Gasteiger partial charge in [-0.05, 0) is 54.4 Å². The van der Waals surface area contributed by atoms with Crippen LogP contribution >= 0.6 is 23.4 Å². The maximum Gasteiger partial charge on any atom is 0.234 e. The first-order chi connectivity index (χ1) is 14.1. The predicted molar refractivity (Wildman–Crippen MR) is 120 cm³/mol. The number of aromatic nitrogens is 1. The van der Waals surface area contributed by atoms with E-state index >= 15 is 0 Å². The number of nitrogens with one attached hydrogen (secondary N) is 1. The molecule has 1 heterocycles. The Hall–Kier alpha value is -2.76. The third-order valence-electron chi connectivity index (χ3n) is 4.38. The van der Waals surface area contributed by atoms with Gasteiger partial charge in [-0.25, -0.2) is 4.98 Å². The van der Waals surface area contributed by atoms with Gasteiger partial charge in [0.2, 0.25) is 11.8 Å². The molecule has 0 radical (unpaired) electrons. The Kier molecular flexibility index (Phi) is 5.88. The van der Waals surface area contributed by atoms with Gasteiger partial charge in [0.1, 0.15) is 5.52 Å². The van der Waals surface area contributed by atoms with Gasteiger partial charge in [0.25, 0.3) is 0 Å². The van der Waals surface area contributed by atoms with E-state index < -0.39 is 0 Å². The summed E-state index contributed by atoms with van der Waals surface area (Å²) < 4.78 is 5.85. The van der Waals surface area contributed by atoms with Crippen LogP contribution in [0.15, 0.2) is 71.1 Å². The molecule has 1 aromatic heterocycles. The van der Waals surface area contributed by atoms with Crippen molar-refractivity contribution in [2.75, 3.05) is 11.1 Å². The van der Waals surface area contributed by atoms with E-state index in [4.69, 9.17) is 16.0 Å². The third-order valence-corrected chi connectivity index (χ3v) is 5.74. The quantitative estimate of drug-likeness (QED) is 0.394. The summed E-state index contributed by atoms with van der Waals surface area (Å²) in [5.41, 5.74) is 5.26. The van der Waals surface area contributed by atoms with E-state index in [1.807, 2.05) is 73.7 Å². The molecule has 0 saturated carbocycles. The Morgan fingerprint density at radius 1 is 1.10 bits per heavy atom. The molecule has 4 nitrogen and oxygen atoms in total. The van der Waals surface area contributed by atoms with Gasteiger partial charge >= 0.3 is 0 Å². The van der Waals surface area contributed by atoms with Gasteiger partial charge in [-0.15, -0.1) is 11.8 Å². The molecule has 0 atom stereocenters. The van der Waals surface area contributed by atoms with Crippen molar-refractivity contribution in [1.82, 2.24) is 4.98 Å². The minimum absolute atomic E-state index is 0.0626. The van der Waals surface area contributed by atoms with E-state index in [9.17, 15) is 4.79 Å².